The van der Waals surface area contributed by atoms with Crippen LogP contribution in [-0.2, 0) is 0 Å². The molecule has 1 saturated heterocycles. The van der Waals surface area contributed by atoms with Gasteiger partial charge in [-0.1, -0.05) is 0 Å². The third-order valence-electron chi connectivity index (χ3n) is 3.63. The first-order chi connectivity index (χ1) is 8.49. The van der Waals surface area contributed by atoms with Gasteiger partial charge in [-0.3, -0.25) is 4.79 Å². The van der Waals surface area contributed by atoms with Crippen molar-refractivity contribution >= 4 is 5.91 Å². The van der Waals surface area contributed by atoms with Gasteiger partial charge in [0.25, 0.3) is 5.91 Å². The lowest BCUT2D eigenvalue weighted by atomic mass is 10.0. The summed E-state index contributed by atoms with van der Waals surface area (Å²) in [5, 5.41) is 18.9. The van der Waals surface area contributed by atoms with E-state index >= 15 is 0 Å². The Morgan fingerprint density at radius 1 is 1.50 bits per heavy atom. The maximum Gasteiger partial charge on any atom is 0.254 e. The smallest absolute Gasteiger partial charge is 0.254 e. The van der Waals surface area contributed by atoms with Crippen LogP contribution in [0.15, 0.2) is 18.2 Å². The maximum absolute atomic E-state index is 12.3. The van der Waals surface area contributed by atoms with Gasteiger partial charge in [-0.15, -0.1) is 0 Å². The highest BCUT2D eigenvalue weighted by Gasteiger charge is 2.29. The minimum atomic E-state index is -0.372. The molecule has 2 rings (SSSR count). The van der Waals surface area contributed by atoms with Crippen LogP contribution in [0.4, 0.5) is 0 Å². The molecular formula is C14H19NO3. The van der Waals surface area contributed by atoms with Crippen molar-refractivity contribution in [3.05, 3.63) is 29.3 Å². The zero-order chi connectivity index (χ0) is 13.3. The van der Waals surface area contributed by atoms with E-state index in [0.29, 0.717) is 18.7 Å². The number of aliphatic hydroxyl groups excluding tert-OH is 1. The fraction of sp³-hybridized carbons (Fsp3) is 0.500. The van der Waals surface area contributed by atoms with Crippen molar-refractivity contribution in [2.24, 2.45) is 5.92 Å². The summed E-state index contributed by atoms with van der Waals surface area (Å²) in [6.45, 7) is 4.88. The fourth-order valence-electron chi connectivity index (χ4n) is 2.42. The number of phenols is 1. The summed E-state index contributed by atoms with van der Waals surface area (Å²) >= 11 is 0. The Balaban J connectivity index is 2.13. The molecule has 1 fully saturated rings. The summed E-state index contributed by atoms with van der Waals surface area (Å²) in [6, 6.07) is 4.78. The van der Waals surface area contributed by atoms with Gasteiger partial charge in [-0.25, -0.2) is 0 Å². The van der Waals surface area contributed by atoms with Gasteiger partial charge in [0.1, 0.15) is 5.75 Å². The number of hydrogen-bond acceptors (Lipinski definition) is 3. The third-order valence-corrected chi connectivity index (χ3v) is 3.63. The van der Waals surface area contributed by atoms with Crippen molar-refractivity contribution in [1.29, 1.82) is 0 Å². The van der Waals surface area contributed by atoms with Gasteiger partial charge in [0, 0.05) is 24.6 Å². The number of carbonyl (C=O) groups is 1. The van der Waals surface area contributed by atoms with Crippen LogP contribution in [0.2, 0.25) is 0 Å². The molecule has 0 saturated carbocycles. The summed E-state index contributed by atoms with van der Waals surface area (Å²) in [6.07, 6.45) is 0.476. The molecule has 1 amide bonds. The van der Waals surface area contributed by atoms with Crippen molar-refractivity contribution in [1.82, 2.24) is 4.90 Å². The van der Waals surface area contributed by atoms with E-state index in [1.807, 2.05) is 6.92 Å². The maximum atomic E-state index is 12.3. The van der Waals surface area contributed by atoms with Crippen molar-refractivity contribution in [2.75, 3.05) is 13.1 Å². The van der Waals surface area contributed by atoms with Crippen LogP contribution in [0, 0.1) is 12.8 Å². The summed E-state index contributed by atoms with van der Waals surface area (Å²) in [5.74, 6) is 0.328. The first kappa shape index (κ1) is 12.9. The first-order valence-electron chi connectivity index (χ1n) is 6.26. The number of aliphatic hydroxyl groups is 1. The lowest BCUT2D eigenvalue weighted by molar-refractivity contribution is 0.0762. The molecule has 4 nitrogen and oxygen atoms in total. The van der Waals surface area contributed by atoms with Crippen LogP contribution in [-0.4, -0.2) is 40.2 Å². The SMILES string of the molecule is Cc1cc(O)ccc1C(=O)N1CCC(C(C)O)C1. The Morgan fingerprint density at radius 3 is 2.78 bits per heavy atom. The lowest BCUT2D eigenvalue weighted by Crippen LogP contribution is -2.30. The molecule has 1 aliphatic rings. The van der Waals surface area contributed by atoms with Crippen molar-refractivity contribution in [3.63, 3.8) is 0 Å². The van der Waals surface area contributed by atoms with E-state index in [0.717, 1.165) is 12.0 Å². The molecule has 1 heterocycles. The van der Waals surface area contributed by atoms with Crippen LogP contribution in [0.1, 0.15) is 29.3 Å². The molecule has 1 aliphatic heterocycles. The predicted molar refractivity (Wildman–Crippen MR) is 68.5 cm³/mol. The average molecular weight is 249 g/mol. The minimum absolute atomic E-state index is 0.0179. The minimum Gasteiger partial charge on any atom is -0.508 e. The summed E-state index contributed by atoms with van der Waals surface area (Å²) in [4.78, 5) is 14.1. The lowest BCUT2D eigenvalue weighted by Gasteiger charge is -2.18. The highest BCUT2D eigenvalue weighted by Crippen LogP contribution is 2.23. The van der Waals surface area contributed by atoms with E-state index in [9.17, 15) is 15.0 Å². The number of carbonyl (C=O) groups excluding carboxylic acids is 1. The standard InChI is InChI=1S/C14H19NO3/c1-9-7-12(17)3-4-13(9)14(18)15-6-5-11(8-15)10(2)16/h3-4,7,10-11,16-17H,5-6,8H2,1-2H3. The molecular weight excluding hydrogens is 230 g/mol. The Hall–Kier alpha value is -1.55. The van der Waals surface area contributed by atoms with Gasteiger partial charge >= 0.3 is 0 Å². The Bertz CT molecular complexity index is 456. The predicted octanol–water partition coefficient (Wildman–Crippen LogP) is 1.54. The van der Waals surface area contributed by atoms with Crippen molar-refractivity contribution in [3.8, 4) is 5.75 Å². The zero-order valence-electron chi connectivity index (χ0n) is 10.8. The van der Waals surface area contributed by atoms with E-state index in [1.165, 1.54) is 6.07 Å². The quantitative estimate of drug-likeness (QED) is 0.836. The van der Waals surface area contributed by atoms with E-state index in [4.69, 9.17) is 0 Å². The molecule has 0 aromatic heterocycles. The fourth-order valence-corrected chi connectivity index (χ4v) is 2.42. The Morgan fingerprint density at radius 2 is 2.22 bits per heavy atom. The normalized spacial score (nSPS) is 21.1. The van der Waals surface area contributed by atoms with Crippen molar-refractivity contribution in [2.45, 2.75) is 26.4 Å². The number of likely N-dealkylation sites (tertiary alicyclic amines) is 1. The monoisotopic (exact) mass is 249 g/mol. The number of benzene rings is 1. The highest BCUT2D eigenvalue weighted by molar-refractivity contribution is 5.96. The number of amides is 1. The number of phenolic OH excluding ortho intramolecular Hbond substituents is 1. The van der Waals surface area contributed by atoms with E-state index in [2.05, 4.69) is 0 Å². The number of nitrogens with zero attached hydrogens (tertiary/aromatic N) is 1. The van der Waals surface area contributed by atoms with Crippen LogP contribution >= 0.6 is 0 Å². The van der Waals surface area contributed by atoms with E-state index < -0.39 is 0 Å². The van der Waals surface area contributed by atoms with Gasteiger partial charge in [-0.2, -0.15) is 0 Å². The summed E-state index contributed by atoms with van der Waals surface area (Å²) < 4.78 is 0. The van der Waals surface area contributed by atoms with E-state index in [1.54, 1.807) is 24.0 Å². The number of aromatic hydroxyl groups is 1. The second-order valence-corrected chi connectivity index (χ2v) is 5.04. The van der Waals surface area contributed by atoms with E-state index in [-0.39, 0.29) is 23.7 Å². The molecule has 1 aromatic carbocycles. The van der Waals surface area contributed by atoms with Crippen LogP contribution in [0.3, 0.4) is 0 Å². The number of aryl methyl sites for hydroxylation is 1. The molecule has 98 valence electrons. The highest BCUT2D eigenvalue weighted by atomic mass is 16.3. The molecule has 0 spiro atoms. The molecule has 0 aliphatic carbocycles. The van der Waals surface area contributed by atoms with Gasteiger partial charge in [0.2, 0.25) is 0 Å². The Labute approximate surface area is 107 Å². The second-order valence-electron chi connectivity index (χ2n) is 5.04. The summed E-state index contributed by atoms with van der Waals surface area (Å²) in [5.41, 5.74) is 1.40. The van der Waals surface area contributed by atoms with Crippen LogP contribution in [0.25, 0.3) is 0 Å². The Kier molecular flexibility index (Phi) is 3.57. The van der Waals surface area contributed by atoms with Gasteiger partial charge < -0.3 is 15.1 Å². The molecule has 0 radical (unpaired) electrons. The largest absolute Gasteiger partial charge is 0.508 e. The van der Waals surface area contributed by atoms with Gasteiger partial charge in [-0.05, 0) is 44.0 Å². The van der Waals surface area contributed by atoms with Gasteiger partial charge in [0.15, 0.2) is 0 Å². The second kappa shape index (κ2) is 4.98. The average Bonchev–Trinajstić information content (AvgIpc) is 2.77. The zero-order valence-corrected chi connectivity index (χ0v) is 10.8. The van der Waals surface area contributed by atoms with Crippen LogP contribution < -0.4 is 0 Å². The topological polar surface area (TPSA) is 60.8 Å². The molecule has 2 unspecified atom stereocenters. The summed E-state index contributed by atoms with van der Waals surface area (Å²) in [7, 11) is 0. The molecule has 2 N–H and O–H groups in total. The number of hydrogen-bond donors (Lipinski definition) is 2. The molecule has 0 bridgehead atoms. The number of rotatable bonds is 2. The first-order valence-corrected chi connectivity index (χ1v) is 6.26. The van der Waals surface area contributed by atoms with Crippen molar-refractivity contribution < 1.29 is 15.0 Å². The molecule has 1 aromatic rings. The molecule has 2 atom stereocenters. The van der Waals surface area contributed by atoms with Gasteiger partial charge in [0.05, 0.1) is 6.10 Å². The molecule has 18 heavy (non-hydrogen) atoms. The molecule has 4 heteroatoms. The third kappa shape index (κ3) is 2.48. The van der Waals surface area contributed by atoms with Crippen LogP contribution in [0.5, 0.6) is 5.75 Å².